The second-order valence-corrected chi connectivity index (χ2v) is 7.85. The van der Waals surface area contributed by atoms with E-state index in [4.69, 9.17) is 8.92 Å². The lowest BCUT2D eigenvalue weighted by atomic mass is 10.1. The predicted octanol–water partition coefficient (Wildman–Crippen LogP) is 3.22. The van der Waals surface area contributed by atoms with E-state index < -0.39 is 21.8 Å². The Hall–Kier alpha value is -2.61. The maximum absolute atomic E-state index is 14.0. The largest absolute Gasteiger partial charge is 0.493 e. The first-order valence-corrected chi connectivity index (χ1v) is 10.1. The summed E-state index contributed by atoms with van der Waals surface area (Å²) in [4.78, 5) is 14.3. The first-order chi connectivity index (χ1) is 12.6. The van der Waals surface area contributed by atoms with Crippen LogP contribution >= 0.6 is 0 Å². The van der Waals surface area contributed by atoms with Gasteiger partial charge < -0.3 is 13.8 Å². The van der Waals surface area contributed by atoms with Gasteiger partial charge in [0, 0.05) is 12.6 Å². The number of hydrogen-bond donors (Lipinski definition) is 0. The molecule has 27 heavy (non-hydrogen) atoms. The fourth-order valence-electron chi connectivity index (χ4n) is 2.52. The molecule has 0 radical (unpaired) electrons. The third-order valence-corrected chi connectivity index (χ3v) is 4.29. The van der Waals surface area contributed by atoms with Crippen molar-refractivity contribution < 1.29 is 26.5 Å². The second kappa shape index (κ2) is 8.39. The Morgan fingerprint density at radius 1 is 1.15 bits per heavy atom. The molecule has 2 aromatic carbocycles. The number of nitrogens with zero attached hydrogens (tertiary/aromatic N) is 1. The van der Waals surface area contributed by atoms with E-state index in [1.165, 1.54) is 36.3 Å². The molecule has 0 spiro atoms. The molecule has 146 valence electrons. The number of methoxy groups -OCH3 is 1. The molecule has 0 saturated carbocycles. The van der Waals surface area contributed by atoms with Crippen LogP contribution in [0.25, 0.3) is 0 Å². The van der Waals surface area contributed by atoms with Gasteiger partial charge in [0.2, 0.25) is 0 Å². The van der Waals surface area contributed by atoms with Crippen molar-refractivity contribution in [2.24, 2.45) is 0 Å². The van der Waals surface area contributed by atoms with Gasteiger partial charge in [0.05, 0.1) is 18.9 Å². The summed E-state index contributed by atoms with van der Waals surface area (Å²) in [5.41, 5.74) is 0.597. The third-order valence-electron chi connectivity index (χ3n) is 3.81. The summed E-state index contributed by atoms with van der Waals surface area (Å²) in [6.45, 7) is 3.78. The summed E-state index contributed by atoms with van der Waals surface area (Å²) in [5.74, 6) is -0.770. The molecule has 2 aromatic rings. The van der Waals surface area contributed by atoms with Crippen LogP contribution < -0.4 is 8.92 Å². The predicted molar refractivity (Wildman–Crippen MR) is 99.9 cm³/mol. The van der Waals surface area contributed by atoms with Gasteiger partial charge in [-0.25, -0.2) is 4.39 Å². The van der Waals surface area contributed by atoms with Gasteiger partial charge in [-0.15, -0.1) is 0 Å². The van der Waals surface area contributed by atoms with E-state index >= 15 is 0 Å². The fourth-order valence-corrected chi connectivity index (χ4v) is 2.98. The van der Waals surface area contributed by atoms with Gasteiger partial charge in [-0.1, -0.05) is 18.2 Å². The van der Waals surface area contributed by atoms with Crippen LogP contribution in [-0.2, 0) is 16.7 Å². The number of rotatable bonds is 7. The minimum absolute atomic E-state index is 0.0210. The van der Waals surface area contributed by atoms with Crippen LogP contribution in [-0.4, -0.2) is 38.6 Å². The Morgan fingerprint density at radius 3 is 2.37 bits per heavy atom. The molecule has 0 N–H and O–H groups in total. The molecule has 0 fully saturated rings. The normalized spacial score (nSPS) is 11.3. The quantitative estimate of drug-likeness (QED) is 0.673. The Balaban J connectivity index is 2.35. The summed E-state index contributed by atoms with van der Waals surface area (Å²) in [5, 5.41) is 0. The highest BCUT2D eigenvalue weighted by Gasteiger charge is 2.22. The zero-order valence-electron chi connectivity index (χ0n) is 15.6. The first kappa shape index (κ1) is 20.7. The molecule has 0 saturated heterocycles. The Bertz CT molecular complexity index is 927. The maximum atomic E-state index is 14.0. The number of ether oxygens (including phenoxy) is 1. The average Bonchev–Trinajstić information content (AvgIpc) is 2.58. The van der Waals surface area contributed by atoms with E-state index in [0.29, 0.717) is 5.56 Å². The Kier molecular flexibility index (Phi) is 6.43. The van der Waals surface area contributed by atoms with Gasteiger partial charge in [-0.3, -0.25) is 4.79 Å². The number of hydrogen-bond acceptors (Lipinski definition) is 5. The average molecular weight is 395 g/mol. The fraction of sp³-hybridized carbons (Fsp3) is 0.316. The van der Waals surface area contributed by atoms with E-state index in [2.05, 4.69) is 0 Å². The molecule has 8 heteroatoms. The number of halogens is 1. The zero-order chi connectivity index (χ0) is 20.2. The number of carbonyl (C=O) groups excluding carboxylic acids is 1. The highest BCUT2D eigenvalue weighted by atomic mass is 32.2. The van der Waals surface area contributed by atoms with Crippen LogP contribution in [0.4, 0.5) is 4.39 Å². The summed E-state index contributed by atoms with van der Waals surface area (Å²) >= 11 is 0. The molecule has 6 nitrogen and oxygen atoms in total. The lowest BCUT2D eigenvalue weighted by Crippen LogP contribution is -2.36. The van der Waals surface area contributed by atoms with Gasteiger partial charge in [0.1, 0.15) is 5.82 Å². The number of carbonyl (C=O) groups is 1. The Labute approximate surface area is 158 Å². The van der Waals surface area contributed by atoms with Crippen molar-refractivity contribution in [1.82, 2.24) is 4.90 Å². The molecular formula is C19H22FNO5S. The van der Waals surface area contributed by atoms with Crippen LogP contribution in [0.3, 0.4) is 0 Å². The van der Waals surface area contributed by atoms with Crippen LogP contribution in [0, 0.1) is 5.82 Å². The summed E-state index contributed by atoms with van der Waals surface area (Å²) in [6, 6.07) is 10.3. The SMILES string of the molecule is COc1ccc(CN(C(=O)c2ccccc2F)C(C)C)cc1OS(C)(=O)=O. The molecule has 0 aliphatic rings. The minimum atomic E-state index is -3.75. The van der Waals surface area contributed by atoms with E-state index in [0.717, 1.165) is 6.26 Å². The van der Waals surface area contributed by atoms with Crippen molar-refractivity contribution >= 4 is 16.0 Å². The van der Waals surface area contributed by atoms with Crippen LogP contribution in [0.2, 0.25) is 0 Å². The van der Waals surface area contributed by atoms with E-state index in [1.54, 1.807) is 18.2 Å². The van der Waals surface area contributed by atoms with Gasteiger partial charge >= 0.3 is 10.1 Å². The smallest absolute Gasteiger partial charge is 0.306 e. The number of amides is 1. The molecule has 0 aliphatic heterocycles. The van der Waals surface area contributed by atoms with Crippen LogP contribution in [0.1, 0.15) is 29.8 Å². The van der Waals surface area contributed by atoms with E-state index in [-0.39, 0.29) is 29.6 Å². The first-order valence-electron chi connectivity index (χ1n) is 8.24. The summed E-state index contributed by atoms with van der Waals surface area (Å²) in [6.07, 6.45) is 0.932. The van der Waals surface area contributed by atoms with Crippen molar-refractivity contribution in [2.75, 3.05) is 13.4 Å². The highest BCUT2D eigenvalue weighted by Crippen LogP contribution is 2.30. The monoisotopic (exact) mass is 395 g/mol. The molecule has 2 rings (SSSR count). The van der Waals surface area contributed by atoms with Gasteiger partial charge in [-0.05, 0) is 43.7 Å². The number of benzene rings is 2. The van der Waals surface area contributed by atoms with Crippen molar-refractivity contribution in [1.29, 1.82) is 0 Å². The zero-order valence-corrected chi connectivity index (χ0v) is 16.4. The minimum Gasteiger partial charge on any atom is -0.493 e. The van der Waals surface area contributed by atoms with Gasteiger partial charge in [-0.2, -0.15) is 8.42 Å². The maximum Gasteiger partial charge on any atom is 0.306 e. The molecule has 0 aliphatic carbocycles. The van der Waals surface area contributed by atoms with Crippen molar-refractivity contribution in [3.8, 4) is 11.5 Å². The van der Waals surface area contributed by atoms with Crippen molar-refractivity contribution in [3.63, 3.8) is 0 Å². The second-order valence-electron chi connectivity index (χ2n) is 6.28. The molecular weight excluding hydrogens is 373 g/mol. The van der Waals surface area contributed by atoms with E-state index in [1.807, 2.05) is 13.8 Å². The van der Waals surface area contributed by atoms with Gasteiger partial charge in [0.15, 0.2) is 11.5 Å². The molecule has 0 unspecified atom stereocenters. The lowest BCUT2D eigenvalue weighted by Gasteiger charge is -2.27. The highest BCUT2D eigenvalue weighted by molar-refractivity contribution is 7.86. The van der Waals surface area contributed by atoms with Crippen LogP contribution in [0.15, 0.2) is 42.5 Å². The van der Waals surface area contributed by atoms with E-state index in [9.17, 15) is 17.6 Å². The van der Waals surface area contributed by atoms with Crippen LogP contribution in [0.5, 0.6) is 11.5 Å². The summed E-state index contributed by atoms with van der Waals surface area (Å²) < 4.78 is 47.0. The molecule has 0 heterocycles. The lowest BCUT2D eigenvalue weighted by molar-refractivity contribution is 0.0685. The summed E-state index contributed by atoms with van der Waals surface area (Å²) in [7, 11) is -2.35. The van der Waals surface area contributed by atoms with Crippen molar-refractivity contribution in [3.05, 3.63) is 59.4 Å². The Morgan fingerprint density at radius 2 is 1.81 bits per heavy atom. The third kappa shape index (κ3) is 5.43. The van der Waals surface area contributed by atoms with Crippen molar-refractivity contribution in [2.45, 2.75) is 26.4 Å². The molecule has 0 bridgehead atoms. The molecule has 1 amide bonds. The topological polar surface area (TPSA) is 72.9 Å². The standard InChI is InChI=1S/C19H22FNO5S/c1-13(2)21(19(22)15-7-5-6-8-16(15)20)12-14-9-10-17(25-3)18(11-14)26-27(4,23)24/h5-11,13H,12H2,1-4H3. The molecule has 0 atom stereocenters. The van der Waals surface area contributed by atoms with Gasteiger partial charge in [0.25, 0.3) is 5.91 Å². The molecule has 0 aromatic heterocycles.